The number of primary amides is 1. The fraction of sp³-hybridized carbons (Fsp3) is 0.450. The summed E-state index contributed by atoms with van der Waals surface area (Å²) in [5, 5.41) is 4.72. The van der Waals surface area contributed by atoms with Crippen LogP contribution in [0.2, 0.25) is 0 Å². The van der Waals surface area contributed by atoms with Crippen molar-refractivity contribution >= 4 is 29.7 Å². The van der Waals surface area contributed by atoms with Crippen LogP contribution in [-0.4, -0.2) is 56.0 Å². The van der Waals surface area contributed by atoms with Crippen molar-refractivity contribution in [3.05, 3.63) is 35.6 Å². The average Bonchev–Trinajstić information content (AvgIpc) is 2.71. The Hall–Kier alpha value is -3.50. The Morgan fingerprint density at radius 2 is 1.58 bits per heavy atom. The number of methoxy groups -OCH3 is 2. The van der Waals surface area contributed by atoms with Crippen LogP contribution in [0.5, 0.6) is 0 Å². The number of nitrogens with one attached hydrogen (secondary N) is 2. The minimum atomic E-state index is -1.54. The van der Waals surface area contributed by atoms with Crippen molar-refractivity contribution < 1.29 is 37.8 Å². The Bertz CT molecular complexity index is 830. The van der Waals surface area contributed by atoms with Gasteiger partial charge in [-0.1, -0.05) is 25.1 Å². The van der Waals surface area contributed by atoms with Gasteiger partial charge in [-0.25, -0.2) is 4.39 Å². The fourth-order valence-corrected chi connectivity index (χ4v) is 3.03. The maximum absolute atomic E-state index is 14.0. The summed E-state index contributed by atoms with van der Waals surface area (Å²) in [4.78, 5) is 60.5. The van der Waals surface area contributed by atoms with Crippen LogP contribution < -0.4 is 16.4 Å². The normalized spacial score (nSPS) is 13.5. The SMILES string of the molecule is COC(=O)C(C(=O)OC)[C@@H](C)[C@H](NC(=O)[C@@H](Cc1ccccc1F)NC(C)=O)C(N)=O. The number of ether oxygens (including phenoxy) is 2. The van der Waals surface area contributed by atoms with Crippen LogP contribution in [-0.2, 0) is 39.9 Å². The molecule has 0 radical (unpaired) electrons. The molecule has 170 valence electrons. The Kier molecular flexibility index (Phi) is 9.58. The molecule has 31 heavy (non-hydrogen) atoms. The molecular formula is C20H26FN3O7. The second kappa shape index (κ2) is 11.6. The first-order valence-electron chi connectivity index (χ1n) is 9.29. The molecule has 1 aromatic rings. The average molecular weight is 439 g/mol. The van der Waals surface area contributed by atoms with E-state index >= 15 is 0 Å². The largest absolute Gasteiger partial charge is 0.468 e. The number of hydrogen-bond donors (Lipinski definition) is 3. The highest BCUT2D eigenvalue weighted by molar-refractivity contribution is 5.97. The number of carbonyl (C=O) groups is 5. The van der Waals surface area contributed by atoms with Crippen molar-refractivity contribution in [3.63, 3.8) is 0 Å². The topological polar surface area (TPSA) is 154 Å². The standard InChI is InChI=1S/C20H26FN3O7/c1-10(15(19(28)30-3)20(29)31-4)16(17(22)26)24-18(27)14(23-11(2)25)9-12-7-5-6-8-13(12)21/h5-8,10,14-16H,9H2,1-4H3,(H2,22,26)(H,23,25)(H,24,27)/t10-,14-,16+/m1/s1. The number of carbonyl (C=O) groups excluding carboxylic acids is 5. The van der Waals surface area contributed by atoms with E-state index in [4.69, 9.17) is 5.73 Å². The summed E-state index contributed by atoms with van der Waals surface area (Å²) < 4.78 is 23.2. The smallest absolute Gasteiger partial charge is 0.320 e. The highest BCUT2D eigenvalue weighted by atomic mass is 19.1. The van der Waals surface area contributed by atoms with Crippen molar-refractivity contribution in [2.75, 3.05) is 14.2 Å². The van der Waals surface area contributed by atoms with Crippen LogP contribution in [0.3, 0.4) is 0 Å². The summed E-state index contributed by atoms with van der Waals surface area (Å²) in [7, 11) is 2.09. The Morgan fingerprint density at radius 1 is 1.03 bits per heavy atom. The van der Waals surface area contributed by atoms with Gasteiger partial charge in [0, 0.05) is 19.3 Å². The monoisotopic (exact) mass is 439 g/mol. The second-order valence-electron chi connectivity index (χ2n) is 6.82. The van der Waals surface area contributed by atoms with Crippen molar-refractivity contribution in [1.29, 1.82) is 0 Å². The first-order chi connectivity index (χ1) is 14.5. The van der Waals surface area contributed by atoms with E-state index < -0.39 is 59.4 Å². The molecule has 0 saturated carbocycles. The van der Waals surface area contributed by atoms with Gasteiger partial charge in [-0.2, -0.15) is 0 Å². The lowest BCUT2D eigenvalue weighted by atomic mass is 9.86. The number of amides is 3. The first-order valence-corrected chi connectivity index (χ1v) is 9.29. The minimum absolute atomic E-state index is 0.155. The molecule has 11 heteroatoms. The van der Waals surface area contributed by atoms with Crippen LogP contribution in [0.1, 0.15) is 19.4 Å². The van der Waals surface area contributed by atoms with Gasteiger partial charge in [0.15, 0.2) is 5.92 Å². The quantitative estimate of drug-likeness (QED) is 0.326. The van der Waals surface area contributed by atoms with Crippen molar-refractivity contribution in [2.24, 2.45) is 17.6 Å². The molecule has 0 aliphatic carbocycles. The van der Waals surface area contributed by atoms with Gasteiger partial charge in [0.1, 0.15) is 17.9 Å². The molecule has 0 fully saturated rings. The molecule has 1 aromatic carbocycles. The zero-order valence-electron chi connectivity index (χ0n) is 17.6. The molecule has 3 atom stereocenters. The molecule has 0 unspecified atom stereocenters. The zero-order valence-corrected chi connectivity index (χ0v) is 17.6. The summed E-state index contributed by atoms with van der Waals surface area (Å²) in [5.41, 5.74) is 5.53. The molecule has 4 N–H and O–H groups in total. The number of rotatable bonds is 10. The van der Waals surface area contributed by atoms with E-state index in [-0.39, 0.29) is 12.0 Å². The molecule has 0 aromatic heterocycles. The molecule has 0 spiro atoms. The molecule has 10 nitrogen and oxygen atoms in total. The molecular weight excluding hydrogens is 413 g/mol. The van der Waals surface area contributed by atoms with Crippen LogP contribution in [0.15, 0.2) is 24.3 Å². The maximum Gasteiger partial charge on any atom is 0.320 e. The van der Waals surface area contributed by atoms with E-state index in [1.165, 1.54) is 32.0 Å². The summed E-state index contributed by atoms with van der Waals surface area (Å²) in [6, 6.07) is 2.93. The Balaban J connectivity index is 3.16. The zero-order chi connectivity index (χ0) is 23.7. The van der Waals surface area contributed by atoms with Gasteiger partial charge < -0.3 is 25.8 Å². The van der Waals surface area contributed by atoms with E-state index in [0.717, 1.165) is 14.2 Å². The van der Waals surface area contributed by atoms with Crippen LogP contribution >= 0.6 is 0 Å². The molecule has 0 aliphatic rings. The maximum atomic E-state index is 14.0. The van der Waals surface area contributed by atoms with Gasteiger partial charge in [0.05, 0.1) is 14.2 Å². The molecule has 0 aliphatic heterocycles. The summed E-state index contributed by atoms with van der Waals surface area (Å²) in [5.74, 6) is -7.70. The second-order valence-corrected chi connectivity index (χ2v) is 6.82. The number of esters is 2. The summed E-state index contributed by atoms with van der Waals surface area (Å²) in [6.45, 7) is 2.50. The van der Waals surface area contributed by atoms with E-state index in [1.54, 1.807) is 6.07 Å². The summed E-state index contributed by atoms with van der Waals surface area (Å²) >= 11 is 0. The summed E-state index contributed by atoms with van der Waals surface area (Å²) in [6.07, 6.45) is -0.213. The Labute approximate surface area is 178 Å². The molecule has 1 rings (SSSR count). The first kappa shape index (κ1) is 25.5. The third-order valence-electron chi connectivity index (χ3n) is 4.64. The fourth-order valence-electron chi connectivity index (χ4n) is 3.03. The van der Waals surface area contributed by atoms with Crippen molar-refractivity contribution in [1.82, 2.24) is 10.6 Å². The van der Waals surface area contributed by atoms with Crippen LogP contribution in [0.4, 0.5) is 4.39 Å². The third kappa shape index (κ3) is 7.05. The van der Waals surface area contributed by atoms with Crippen LogP contribution in [0.25, 0.3) is 0 Å². The van der Waals surface area contributed by atoms with Gasteiger partial charge in [0.25, 0.3) is 0 Å². The van der Waals surface area contributed by atoms with Crippen LogP contribution in [0, 0.1) is 17.7 Å². The lowest BCUT2D eigenvalue weighted by molar-refractivity contribution is -0.162. The van der Waals surface area contributed by atoms with E-state index in [2.05, 4.69) is 20.1 Å². The van der Waals surface area contributed by atoms with Gasteiger partial charge >= 0.3 is 11.9 Å². The molecule has 0 heterocycles. The number of hydrogen-bond acceptors (Lipinski definition) is 7. The lowest BCUT2D eigenvalue weighted by Gasteiger charge is -2.28. The van der Waals surface area contributed by atoms with E-state index in [9.17, 15) is 28.4 Å². The van der Waals surface area contributed by atoms with Gasteiger partial charge in [-0.3, -0.25) is 24.0 Å². The molecule has 3 amide bonds. The predicted octanol–water partition coefficient (Wildman–Crippen LogP) is -0.559. The molecule has 0 bridgehead atoms. The molecule has 0 saturated heterocycles. The van der Waals surface area contributed by atoms with Crippen molar-refractivity contribution in [3.8, 4) is 0 Å². The minimum Gasteiger partial charge on any atom is -0.468 e. The van der Waals surface area contributed by atoms with Crippen molar-refractivity contribution in [2.45, 2.75) is 32.4 Å². The Morgan fingerprint density at radius 3 is 2.03 bits per heavy atom. The van der Waals surface area contributed by atoms with Gasteiger partial charge in [-0.05, 0) is 11.6 Å². The number of halogens is 1. The van der Waals surface area contributed by atoms with Gasteiger partial charge in [0.2, 0.25) is 17.7 Å². The predicted molar refractivity (Wildman–Crippen MR) is 106 cm³/mol. The third-order valence-corrected chi connectivity index (χ3v) is 4.64. The number of benzene rings is 1. The van der Waals surface area contributed by atoms with Gasteiger partial charge in [-0.15, -0.1) is 0 Å². The van der Waals surface area contributed by atoms with E-state index in [0.29, 0.717) is 0 Å². The number of nitrogens with two attached hydrogens (primary N) is 1. The highest BCUT2D eigenvalue weighted by Gasteiger charge is 2.42. The van der Waals surface area contributed by atoms with E-state index in [1.807, 2.05) is 0 Å². The highest BCUT2D eigenvalue weighted by Crippen LogP contribution is 2.20. The lowest BCUT2D eigenvalue weighted by Crippen LogP contribution is -2.57.